The summed E-state index contributed by atoms with van der Waals surface area (Å²) in [5.74, 6) is 2.77. The summed E-state index contributed by atoms with van der Waals surface area (Å²) in [7, 11) is 0. The van der Waals surface area contributed by atoms with Gasteiger partial charge in [-0.2, -0.15) is 5.10 Å². The van der Waals surface area contributed by atoms with E-state index in [9.17, 15) is 9.59 Å². The Morgan fingerprint density at radius 3 is 2.13 bits per heavy atom. The van der Waals surface area contributed by atoms with Crippen LogP contribution in [0.15, 0.2) is 6.07 Å². The van der Waals surface area contributed by atoms with E-state index in [2.05, 4.69) is 28.3 Å². The largest absolute Gasteiger partial charge is 0.339 e. The van der Waals surface area contributed by atoms with Crippen molar-refractivity contribution in [3.63, 3.8) is 0 Å². The normalized spacial score (nSPS) is 31.9. The SMILES string of the molecule is Cc1cc(C)n(CCCNC(=O)N2CCN(C(=O)C34CC5CC(CC(C5)C3)C4)CC2)n1. The molecule has 7 heteroatoms. The second-order valence-electron chi connectivity index (χ2n) is 10.7. The van der Waals surface area contributed by atoms with Crippen LogP contribution in [0.4, 0.5) is 4.79 Å². The molecule has 1 aliphatic heterocycles. The molecular formula is C24H37N5O2. The third kappa shape index (κ3) is 4.08. The molecule has 0 unspecified atom stereocenters. The predicted molar refractivity (Wildman–Crippen MR) is 118 cm³/mol. The van der Waals surface area contributed by atoms with Gasteiger partial charge >= 0.3 is 6.03 Å². The molecule has 2 heterocycles. The molecule has 1 aromatic heterocycles. The van der Waals surface area contributed by atoms with Crippen LogP contribution < -0.4 is 5.32 Å². The molecule has 0 aromatic carbocycles. The highest BCUT2D eigenvalue weighted by molar-refractivity contribution is 5.84. The maximum Gasteiger partial charge on any atom is 0.317 e. The van der Waals surface area contributed by atoms with E-state index in [1.165, 1.54) is 19.3 Å². The van der Waals surface area contributed by atoms with Crippen molar-refractivity contribution in [2.45, 2.75) is 65.3 Å². The lowest BCUT2D eigenvalue weighted by Gasteiger charge is -2.57. The van der Waals surface area contributed by atoms with E-state index in [1.54, 1.807) is 0 Å². The first-order valence-electron chi connectivity index (χ1n) is 12.2. The van der Waals surface area contributed by atoms with Gasteiger partial charge in [-0.3, -0.25) is 9.48 Å². The first-order chi connectivity index (χ1) is 14.9. The molecule has 170 valence electrons. The van der Waals surface area contributed by atoms with Gasteiger partial charge in [-0.1, -0.05) is 0 Å². The molecule has 0 atom stereocenters. The van der Waals surface area contributed by atoms with Crippen LogP contribution in [0.1, 0.15) is 56.3 Å². The molecule has 1 N–H and O–H groups in total. The monoisotopic (exact) mass is 427 g/mol. The van der Waals surface area contributed by atoms with E-state index in [-0.39, 0.29) is 11.4 Å². The quantitative estimate of drug-likeness (QED) is 0.735. The van der Waals surface area contributed by atoms with Gasteiger partial charge in [-0.05, 0) is 82.6 Å². The molecule has 4 saturated carbocycles. The van der Waals surface area contributed by atoms with Gasteiger partial charge in [0.15, 0.2) is 0 Å². The number of rotatable bonds is 5. The van der Waals surface area contributed by atoms with E-state index >= 15 is 0 Å². The first kappa shape index (κ1) is 20.8. The van der Waals surface area contributed by atoms with Gasteiger partial charge in [0.2, 0.25) is 5.91 Å². The molecule has 31 heavy (non-hydrogen) atoms. The van der Waals surface area contributed by atoms with Crippen LogP contribution in [0.25, 0.3) is 0 Å². The van der Waals surface area contributed by atoms with Crippen LogP contribution in [0, 0.1) is 37.0 Å². The summed E-state index contributed by atoms with van der Waals surface area (Å²) in [6, 6.07) is 2.07. The van der Waals surface area contributed by atoms with Gasteiger partial charge in [-0.25, -0.2) is 4.79 Å². The van der Waals surface area contributed by atoms with Crippen molar-refractivity contribution in [2.24, 2.45) is 23.2 Å². The Labute approximate surface area is 185 Å². The Kier molecular flexibility index (Phi) is 5.47. The zero-order valence-corrected chi connectivity index (χ0v) is 19.1. The molecule has 0 spiro atoms. The van der Waals surface area contributed by atoms with Gasteiger partial charge in [0, 0.05) is 45.0 Å². The van der Waals surface area contributed by atoms with Gasteiger partial charge < -0.3 is 15.1 Å². The number of hydrogen-bond donors (Lipinski definition) is 1. The fraction of sp³-hybridized carbons (Fsp3) is 0.792. The van der Waals surface area contributed by atoms with Crippen LogP contribution in [-0.2, 0) is 11.3 Å². The Balaban J connectivity index is 1.07. The van der Waals surface area contributed by atoms with Crippen molar-refractivity contribution in [1.29, 1.82) is 0 Å². The predicted octanol–water partition coefficient (Wildman–Crippen LogP) is 2.96. The van der Waals surface area contributed by atoms with Gasteiger partial charge in [0.25, 0.3) is 0 Å². The summed E-state index contributed by atoms with van der Waals surface area (Å²) >= 11 is 0. The van der Waals surface area contributed by atoms with Gasteiger partial charge in [0.1, 0.15) is 0 Å². The lowest BCUT2D eigenvalue weighted by atomic mass is 9.49. The number of carbonyl (C=O) groups is 2. The summed E-state index contributed by atoms with van der Waals surface area (Å²) in [5.41, 5.74) is 2.12. The zero-order chi connectivity index (χ0) is 21.6. The summed E-state index contributed by atoms with van der Waals surface area (Å²) in [4.78, 5) is 30.0. The second kappa shape index (κ2) is 8.14. The maximum atomic E-state index is 13.5. The van der Waals surface area contributed by atoms with Crippen molar-refractivity contribution >= 4 is 11.9 Å². The smallest absolute Gasteiger partial charge is 0.317 e. The van der Waals surface area contributed by atoms with Crippen LogP contribution in [0.5, 0.6) is 0 Å². The Hall–Kier alpha value is -2.05. The summed E-state index contributed by atoms with van der Waals surface area (Å²) in [6.07, 6.45) is 8.30. The summed E-state index contributed by atoms with van der Waals surface area (Å²) < 4.78 is 2.00. The number of aromatic nitrogens is 2. The molecule has 4 aliphatic carbocycles. The highest BCUT2D eigenvalue weighted by Crippen LogP contribution is 2.60. The Bertz CT molecular complexity index is 804. The number of urea groups is 1. The molecule has 7 nitrogen and oxygen atoms in total. The third-order valence-corrected chi connectivity index (χ3v) is 8.27. The topological polar surface area (TPSA) is 70.5 Å². The molecule has 1 aromatic rings. The summed E-state index contributed by atoms with van der Waals surface area (Å²) in [6.45, 7) is 8.15. The number of aryl methyl sites for hydroxylation is 3. The van der Waals surface area contributed by atoms with Crippen LogP contribution in [0.3, 0.4) is 0 Å². The number of amides is 3. The van der Waals surface area contributed by atoms with Crippen LogP contribution in [-0.4, -0.2) is 64.2 Å². The number of nitrogens with zero attached hydrogens (tertiary/aromatic N) is 4. The molecule has 1 saturated heterocycles. The zero-order valence-electron chi connectivity index (χ0n) is 19.1. The van der Waals surface area contributed by atoms with Gasteiger partial charge in [-0.15, -0.1) is 0 Å². The second-order valence-corrected chi connectivity index (χ2v) is 10.7. The van der Waals surface area contributed by atoms with Crippen molar-refractivity contribution in [3.8, 4) is 0 Å². The van der Waals surface area contributed by atoms with Crippen molar-refractivity contribution in [2.75, 3.05) is 32.7 Å². The number of hydrogen-bond acceptors (Lipinski definition) is 3. The Morgan fingerprint density at radius 1 is 1.00 bits per heavy atom. The van der Waals surface area contributed by atoms with Gasteiger partial charge in [0.05, 0.1) is 11.1 Å². The first-order valence-corrected chi connectivity index (χ1v) is 12.2. The fourth-order valence-corrected chi connectivity index (χ4v) is 7.26. The highest BCUT2D eigenvalue weighted by Gasteiger charge is 2.55. The van der Waals surface area contributed by atoms with E-state index in [4.69, 9.17) is 0 Å². The fourth-order valence-electron chi connectivity index (χ4n) is 7.26. The van der Waals surface area contributed by atoms with Crippen molar-refractivity contribution in [1.82, 2.24) is 24.9 Å². The molecule has 3 amide bonds. The molecule has 6 rings (SSSR count). The van der Waals surface area contributed by atoms with Crippen LogP contribution >= 0.6 is 0 Å². The minimum Gasteiger partial charge on any atom is -0.339 e. The van der Waals surface area contributed by atoms with E-state index in [1.807, 2.05) is 16.5 Å². The highest BCUT2D eigenvalue weighted by atomic mass is 16.2. The number of piperazine rings is 1. The van der Waals surface area contributed by atoms with Crippen LogP contribution in [0.2, 0.25) is 0 Å². The van der Waals surface area contributed by atoms with E-state index < -0.39 is 0 Å². The molecule has 0 radical (unpaired) electrons. The van der Waals surface area contributed by atoms with E-state index in [0.29, 0.717) is 38.6 Å². The van der Waals surface area contributed by atoms with Crippen molar-refractivity contribution in [3.05, 3.63) is 17.5 Å². The average molecular weight is 428 g/mol. The third-order valence-electron chi connectivity index (χ3n) is 8.27. The molecule has 5 aliphatic rings. The molecule has 4 bridgehead atoms. The van der Waals surface area contributed by atoms with Crippen molar-refractivity contribution < 1.29 is 9.59 Å². The number of carbonyl (C=O) groups excluding carboxylic acids is 2. The minimum atomic E-state index is -0.0673. The minimum absolute atomic E-state index is 0.00438. The lowest BCUT2D eigenvalue weighted by Crippen LogP contribution is -2.59. The molecule has 5 fully saturated rings. The lowest BCUT2D eigenvalue weighted by molar-refractivity contribution is -0.159. The molecular weight excluding hydrogens is 390 g/mol. The number of nitrogens with one attached hydrogen (secondary N) is 1. The average Bonchev–Trinajstić information content (AvgIpc) is 3.06. The van der Waals surface area contributed by atoms with E-state index in [0.717, 1.165) is 61.4 Å². The standard InChI is InChI=1S/C24H37N5O2/c1-17-10-18(2)29(26-17)5-3-4-25-23(31)28-8-6-27(7-9-28)22(30)24-14-19-11-20(15-24)13-21(12-19)16-24/h10,19-21H,3-9,11-16H2,1-2H3,(H,25,31). The maximum absolute atomic E-state index is 13.5. The summed E-state index contributed by atoms with van der Waals surface area (Å²) in [5, 5.41) is 7.51. The Morgan fingerprint density at radius 2 is 1.58 bits per heavy atom.